The van der Waals surface area contributed by atoms with Crippen LogP contribution in [0.1, 0.15) is 159 Å². The molecule has 24 N–H and O–H groups in total. The SMILES string of the molecule is CC[C@H](C)[C@H](NC(=O)[C@H](CC(N)=O)NC(=O)[C@@H](NC(=O)[C@@H](N)CO)[C@@H](C)O)C(=O)N[C@H](C(=O)N[C@H](C(=O)N[C@H](C(=O)N[C@@H](CC(C)C)C(=O)N[C@@H](CCCCN)C(=O)N[C@@H](CCCCN)C(=O)N[C@@H](Cc1ccccc1)C(=O)N1CCC[C@H]1C(=O)N[C@@H](CC(C)C)C(=O)O)[C@@H](C)O)C(C)C)[C@@H](C)O. The summed E-state index contributed by atoms with van der Waals surface area (Å²) < 4.78 is 0. The number of unbranched alkanes of at least 4 members (excludes halogenated alkanes) is 2. The molecule has 1 saturated heterocycles. The Morgan fingerprint density at radius 3 is 1.33 bits per heavy atom. The molecule has 0 saturated carbocycles. The van der Waals surface area contributed by atoms with Gasteiger partial charge < -0.3 is 112 Å². The zero-order chi connectivity index (χ0) is 78.1. The molecule has 0 aliphatic carbocycles. The third-order valence-corrected chi connectivity index (χ3v) is 17.4. The van der Waals surface area contributed by atoms with E-state index in [2.05, 4.69) is 58.5 Å². The lowest BCUT2D eigenvalue weighted by Gasteiger charge is -2.31. The smallest absolute Gasteiger partial charge is 0.326 e. The highest BCUT2D eigenvalue weighted by molar-refractivity contribution is 6.01. The maximum Gasteiger partial charge on any atom is 0.326 e. The van der Waals surface area contributed by atoms with Crippen LogP contribution in [0.3, 0.4) is 0 Å². The van der Waals surface area contributed by atoms with Crippen LogP contribution in [-0.4, -0.2) is 236 Å². The van der Waals surface area contributed by atoms with E-state index in [1.807, 2.05) is 13.8 Å². The van der Waals surface area contributed by atoms with Gasteiger partial charge in [-0.15, -0.1) is 0 Å². The van der Waals surface area contributed by atoms with E-state index in [4.69, 9.17) is 22.9 Å². The molecule has 582 valence electrons. The van der Waals surface area contributed by atoms with E-state index in [1.54, 1.807) is 51.1 Å². The van der Waals surface area contributed by atoms with E-state index in [1.165, 1.54) is 25.7 Å². The number of likely N-dealkylation sites (tertiary alicyclic amines) is 1. The number of aliphatic carboxylic acids is 1. The van der Waals surface area contributed by atoms with E-state index < -0.39 is 204 Å². The van der Waals surface area contributed by atoms with Crippen LogP contribution in [0.2, 0.25) is 0 Å². The summed E-state index contributed by atoms with van der Waals surface area (Å²) in [7, 11) is 0. The minimum atomic E-state index is -1.86. The average Bonchev–Trinajstić information content (AvgIpc) is 1.60. The van der Waals surface area contributed by atoms with Crippen LogP contribution in [0.15, 0.2) is 30.3 Å². The Hall–Kier alpha value is -8.48. The zero-order valence-corrected chi connectivity index (χ0v) is 61.2. The van der Waals surface area contributed by atoms with Crippen molar-refractivity contribution in [1.82, 2.24) is 63.4 Å². The molecule has 1 fully saturated rings. The Labute approximate surface area is 601 Å². The first-order chi connectivity index (χ1) is 48.3. The van der Waals surface area contributed by atoms with Gasteiger partial charge in [-0.3, -0.25) is 62.3 Å². The van der Waals surface area contributed by atoms with Gasteiger partial charge in [0, 0.05) is 13.0 Å². The van der Waals surface area contributed by atoms with Crippen LogP contribution in [-0.2, 0) is 73.5 Å². The van der Waals surface area contributed by atoms with Crippen molar-refractivity contribution in [1.29, 1.82) is 0 Å². The number of amides is 13. The van der Waals surface area contributed by atoms with E-state index in [9.17, 15) is 92.7 Å². The highest BCUT2D eigenvalue weighted by Crippen LogP contribution is 2.22. The van der Waals surface area contributed by atoms with Crippen molar-refractivity contribution in [3.8, 4) is 0 Å². The monoisotopic (exact) mass is 1460 g/mol. The molecule has 103 heavy (non-hydrogen) atoms. The Morgan fingerprint density at radius 1 is 0.495 bits per heavy atom. The van der Waals surface area contributed by atoms with Crippen LogP contribution >= 0.6 is 0 Å². The number of carbonyl (C=O) groups excluding carboxylic acids is 13. The third kappa shape index (κ3) is 30.8. The highest BCUT2D eigenvalue weighted by Gasteiger charge is 2.43. The minimum absolute atomic E-state index is 0.0152. The Balaban J connectivity index is 2.46. The molecule has 0 unspecified atom stereocenters. The molecule has 1 aliphatic rings. The molecule has 0 radical (unpaired) electrons. The van der Waals surface area contributed by atoms with Crippen LogP contribution < -0.4 is 81.4 Å². The van der Waals surface area contributed by atoms with Gasteiger partial charge in [-0.2, -0.15) is 0 Å². The van der Waals surface area contributed by atoms with Gasteiger partial charge in [0.2, 0.25) is 76.8 Å². The zero-order valence-electron chi connectivity index (χ0n) is 61.2. The molecular weight excluding hydrogens is 1340 g/mol. The molecule has 0 spiro atoms. The number of aliphatic hydroxyl groups excluding tert-OH is 4. The molecule has 1 aliphatic heterocycles. The van der Waals surface area contributed by atoms with Gasteiger partial charge in [0.25, 0.3) is 0 Å². The number of benzene rings is 1. The second-order valence-electron chi connectivity index (χ2n) is 27.7. The van der Waals surface area contributed by atoms with Crippen LogP contribution in [0.25, 0.3) is 0 Å². The van der Waals surface area contributed by atoms with E-state index in [0.29, 0.717) is 37.7 Å². The molecule has 1 aromatic carbocycles. The molecule has 2 rings (SSSR count). The largest absolute Gasteiger partial charge is 0.480 e. The second kappa shape index (κ2) is 45.6. The first-order valence-electron chi connectivity index (χ1n) is 35.3. The molecule has 1 aromatic rings. The molecule has 1 heterocycles. The average molecular weight is 1460 g/mol. The predicted molar refractivity (Wildman–Crippen MR) is 377 cm³/mol. The summed E-state index contributed by atoms with van der Waals surface area (Å²) in [5.41, 5.74) is 23.3. The molecule has 35 nitrogen and oxygen atoms in total. The normalized spacial score (nSPS) is 17.6. The number of hydrogen-bond donors (Lipinski definition) is 20. The van der Waals surface area contributed by atoms with Crippen molar-refractivity contribution in [3.63, 3.8) is 0 Å². The number of hydrogen-bond acceptors (Lipinski definition) is 21. The first-order valence-corrected chi connectivity index (χ1v) is 35.3. The van der Waals surface area contributed by atoms with Crippen molar-refractivity contribution in [2.24, 2.45) is 46.6 Å². The van der Waals surface area contributed by atoms with Crippen molar-refractivity contribution in [3.05, 3.63) is 35.9 Å². The summed E-state index contributed by atoms with van der Waals surface area (Å²) in [6.45, 7) is 16.4. The summed E-state index contributed by atoms with van der Waals surface area (Å²) in [6.07, 6.45) is -3.55. The molecular formula is C68H116N16O19. The number of primary amides is 1. The van der Waals surface area contributed by atoms with Crippen molar-refractivity contribution in [2.75, 3.05) is 26.2 Å². The fourth-order valence-electron chi connectivity index (χ4n) is 11.3. The minimum Gasteiger partial charge on any atom is -0.480 e. The van der Waals surface area contributed by atoms with E-state index >= 15 is 0 Å². The molecule has 0 bridgehead atoms. The maximum absolute atomic E-state index is 14.7. The van der Waals surface area contributed by atoms with Crippen molar-refractivity contribution in [2.45, 2.75) is 256 Å². The third-order valence-electron chi connectivity index (χ3n) is 17.4. The first kappa shape index (κ1) is 90.6. The van der Waals surface area contributed by atoms with Crippen molar-refractivity contribution < 1.29 is 92.7 Å². The number of nitrogens with zero attached hydrogens (tertiary/aromatic N) is 1. The van der Waals surface area contributed by atoms with Crippen molar-refractivity contribution >= 4 is 82.8 Å². The Kier molecular flexibility index (Phi) is 40.1. The summed E-state index contributed by atoms with van der Waals surface area (Å²) in [5.74, 6) is -15.8. The molecule has 0 aromatic heterocycles. The van der Waals surface area contributed by atoms with E-state index in [-0.39, 0.29) is 76.4 Å². The maximum atomic E-state index is 14.7. The number of carboxylic acid groups (broad SMARTS) is 1. The fraction of sp³-hybridized carbons (Fsp3) is 0.706. The van der Waals surface area contributed by atoms with Crippen LogP contribution in [0.5, 0.6) is 0 Å². The summed E-state index contributed by atoms with van der Waals surface area (Å²) in [5, 5.41) is 79.0. The lowest BCUT2D eigenvalue weighted by atomic mass is 9.96. The number of nitrogens with two attached hydrogens (primary N) is 4. The van der Waals surface area contributed by atoms with Gasteiger partial charge in [-0.05, 0) is 127 Å². The Bertz CT molecular complexity index is 2980. The number of nitrogens with one attached hydrogen (secondary N) is 11. The number of rotatable bonds is 47. The highest BCUT2D eigenvalue weighted by atomic mass is 16.4. The van der Waals surface area contributed by atoms with Gasteiger partial charge in [0.15, 0.2) is 0 Å². The summed E-state index contributed by atoms with van der Waals surface area (Å²) in [6, 6.07) is -10.9. The Morgan fingerprint density at radius 2 is 0.893 bits per heavy atom. The summed E-state index contributed by atoms with van der Waals surface area (Å²) >= 11 is 0. The topological polar surface area (TPSA) is 580 Å². The molecule has 13 amide bonds. The van der Waals surface area contributed by atoms with Gasteiger partial charge >= 0.3 is 5.97 Å². The second-order valence-corrected chi connectivity index (χ2v) is 27.7. The number of carbonyl (C=O) groups is 14. The van der Waals surface area contributed by atoms with Gasteiger partial charge in [-0.25, -0.2) is 4.79 Å². The summed E-state index contributed by atoms with van der Waals surface area (Å²) in [4.78, 5) is 194. The molecule has 35 heteroatoms. The van der Waals surface area contributed by atoms with Crippen LogP contribution in [0, 0.1) is 23.7 Å². The van der Waals surface area contributed by atoms with E-state index in [0.717, 1.165) is 20.8 Å². The van der Waals surface area contributed by atoms with Gasteiger partial charge in [0.05, 0.1) is 31.3 Å². The lowest BCUT2D eigenvalue weighted by Crippen LogP contribution is -2.64. The van der Waals surface area contributed by atoms with Gasteiger partial charge in [0.1, 0.15) is 78.5 Å². The predicted octanol–water partition coefficient (Wildman–Crippen LogP) is -4.97. The number of carboxylic acids is 1. The van der Waals surface area contributed by atoms with Crippen LogP contribution in [0.4, 0.5) is 0 Å². The quantitative estimate of drug-likeness (QED) is 0.0272. The standard InChI is InChI=1S/C68H116N16O19/c1-12-37(8)52(80-60(94)46(32-50(72)89)76-64(98)53(38(9)86)81-56(90)42(71)33-85)63(97)83-55(40(11)88)66(100)79-51(36(6)7)62(96)82-54(39(10)87)65(99)75-45(29-34(2)3)59(93)74-43(23-16-18-26-69)57(91)73-44(24-17-19-27-70)58(92)77-47(31-41-21-14-13-15-22-41)67(101)84-28-20-25-49(84)61(95)78-48(68(102)103)30-35(4)5/h13-15,21-22,34-40,42-49,51-55,85-88H,12,16-20,23-33,69-71H2,1-11H3,(H2,72,89)(H,73,91)(H,74,93)(H,75,99)(H,76,98)(H,77,92)(H,78,95)(H,79,100)(H,80,94)(H,81,90)(H,82,96)(H,83,97)(H,102,103)/t37-,38+,39+,40+,42-,43-,44-,45-,46-,47-,48-,49-,51-,52-,53-,54-,55-/m0/s1. The number of aliphatic hydroxyl groups is 4. The lowest BCUT2D eigenvalue weighted by molar-refractivity contribution is -0.145. The molecule has 17 atom stereocenters. The fourth-order valence-corrected chi connectivity index (χ4v) is 11.3. The van der Waals surface area contributed by atoms with Gasteiger partial charge in [-0.1, -0.05) is 92.1 Å².